The summed E-state index contributed by atoms with van der Waals surface area (Å²) in [5.74, 6) is 0.0606. The molecule has 10 nitrogen and oxygen atoms in total. The molecular weight excluding hydrogens is 332 g/mol. The summed E-state index contributed by atoms with van der Waals surface area (Å²) >= 11 is 0. The van der Waals surface area contributed by atoms with Gasteiger partial charge in [-0.05, 0) is 24.6 Å². The van der Waals surface area contributed by atoms with Gasteiger partial charge in [-0.25, -0.2) is 4.79 Å². The van der Waals surface area contributed by atoms with Crippen LogP contribution in [0.2, 0.25) is 0 Å². The second kappa shape index (κ2) is 7.25. The van der Waals surface area contributed by atoms with Crippen molar-refractivity contribution in [3.8, 4) is 5.75 Å². The van der Waals surface area contributed by atoms with E-state index in [-0.39, 0.29) is 28.5 Å². The fraction of sp³-hybridized carbons (Fsp3) is 0.133. The molecule has 0 bridgehead atoms. The zero-order chi connectivity index (χ0) is 18.6. The van der Waals surface area contributed by atoms with Gasteiger partial charge < -0.3 is 15.4 Å². The lowest BCUT2D eigenvalue weighted by Crippen LogP contribution is -2.20. The van der Waals surface area contributed by atoms with Crippen molar-refractivity contribution in [3.63, 3.8) is 0 Å². The smallest absolute Gasteiger partial charge is 0.323 e. The summed E-state index contributed by atoms with van der Waals surface area (Å²) in [6.07, 6.45) is 0. The van der Waals surface area contributed by atoms with Crippen molar-refractivity contribution >= 4 is 28.8 Å². The standard InChI is InChI=1S/C15H14N4O6/c1-9-3-5-11(18(21)22)8-12(9)17-15(20)16-10-4-6-14(25-2)13(7-10)19(23)24/h3-8H,1-2H3,(H2,16,17,20). The number of anilines is 2. The van der Waals surface area contributed by atoms with Gasteiger partial charge in [0.1, 0.15) is 0 Å². The normalized spacial score (nSPS) is 10.0. The summed E-state index contributed by atoms with van der Waals surface area (Å²) < 4.78 is 4.88. The van der Waals surface area contributed by atoms with Gasteiger partial charge in [-0.3, -0.25) is 20.2 Å². The molecule has 2 aromatic rings. The molecule has 25 heavy (non-hydrogen) atoms. The number of nitrogens with one attached hydrogen (secondary N) is 2. The summed E-state index contributed by atoms with van der Waals surface area (Å²) in [5.41, 5.74) is 0.595. The fourth-order valence-corrected chi connectivity index (χ4v) is 2.05. The minimum Gasteiger partial charge on any atom is -0.490 e. The molecule has 0 aliphatic carbocycles. The number of benzene rings is 2. The minimum atomic E-state index is -0.692. The number of aryl methyl sites for hydroxylation is 1. The van der Waals surface area contributed by atoms with Gasteiger partial charge in [0.2, 0.25) is 0 Å². The predicted molar refractivity (Wildman–Crippen MR) is 90.1 cm³/mol. The predicted octanol–water partition coefficient (Wildman–Crippen LogP) is 3.46. The van der Waals surface area contributed by atoms with E-state index in [1.54, 1.807) is 6.92 Å². The maximum Gasteiger partial charge on any atom is 0.323 e. The minimum absolute atomic E-state index is 0.0606. The Hall–Kier alpha value is -3.69. The molecule has 2 aromatic carbocycles. The van der Waals surface area contributed by atoms with E-state index < -0.39 is 15.9 Å². The Labute approximate surface area is 141 Å². The van der Waals surface area contributed by atoms with Crippen LogP contribution in [0.1, 0.15) is 5.56 Å². The molecule has 0 unspecified atom stereocenters. The molecule has 0 fully saturated rings. The molecule has 10 heteroatoms. The van der Waals surface area contributed by atoms with Crippen molar-refractivity contribution in [2.45, 2.75) is 6.92 Å². The first-order valence-electron chi connectivity index (χ1n) is 6.97. The molecule has 0 aliphatic rings. The van der Waals surface area contributed by atoms with Crippen molar-refractivity contribution in [1.29, 1.82) is 0 Å². The van der Waals surface area contributed by atoms with Gasteiger partial charge in [-0.2, -0.15) is 0 Å². The largest absolute Gasteiger partial charge is 0.490 e. The highest BCUT2D eigenvalue weighted by Gasteiger charge is 2.17. The van der Waals surface area contributed by atoms with E-state index in [2.05, 4.69) is 10.6 Å². The summed E-state index contributed by atoms with van der Waals surface area (Å²) in [4.78, 5) is 32.6. The molecule has 2 amide bonds. The maximum absolute atomic E-state index is 12.1. The van der Waals surface area contributed by atoms with Crippen LogP contribution in [0.3, 0.4) is 0 Å². The Kier molecular flexibility index (Phi) is 5.12. The zero-order valence-electron chi connectivity index (χ0n) is 13.3. The fourth-order valence-electron chi connectivity index (χ4n) is 2.05. The van der Waals surface area contributed by atoms with Gasteiger partial charge in [0, 0.05) is 23.9 Å². The topological polar surface area (TPSA) is 137 Å². The second-order valence-corrected chi connectivity index (χ2v) is 4.98. The Balaban J connectivity index is 2.18. The van der Waals surface area contributed by atoms with Crippen molar-refractivity contribution < 1.29 is 19.4 Å². The van der Waals surface area contributed by atoms with Crippen LogP contribution in [0, 0.1) is 27.2 Å². The molecule has 0 radical (unpaired) electrons. The van der Waals surface area contributed by atoms with Crippen LogP contribution in [0.4, 0.5) is 27.5 Å². The van der Waals surface area contributed by atoms with Gasteiger partial charge in [0.05, 0.1) is 22.6 Å². The number of nitrogens with zero attached hydrogens (tertiary/aromatic N) is 2. The van der Waals surface area contributed by atoms with E-state index >= 15 is 0 Å². The van der Waals surface area contributed by atoms with Gasteiger partial charge >= 0.3 is 11.7 Å². The van der Waals surface area contributed by atoms with Crippen molar-refractivity contribution in [3.05, 3.63) is 62.2 Å². The van der Waals surface area contributed by atoms with Crippen molar-refractivity contribution in [2.24, 2.45) is 0 Å². The summed E-state index contributed by atoms with van der Waals surface area (Å²) in [6.45, 7) is 1.68. The highest BCUT2D eigenvalue weighted by atomic mass is 16.6. The van der Waals surface area contributed by atoms with Crippen molar-refractivity contribution in [2.75, 3.05) is 17.7 Å². The van der Waals surface area contributed by atoms with Crippen molar-refractivity contribution in [1.82, 2.24) is 0 Å². The number of hydrogen-bond acceptors (Lipinski definition) is 6. The third kappa shape index (κ3) is 4.19. The second-order valence-electron chi connectivity index (χ2n) is 4.98. The Morgan fingerprint density at radius 3 is 2.36 bits per heavy atom. The van der Waals surface area contributed by atoms with E-state index in [4.69, 9.17) is 4.74 Å². The Bertz CT molecular complexity index is 852. The van der Waals surface area contributed by atoms with Gasteiger partial charge in [-0.15, -0.1) is 0 Å². The van der Waals surface area contributed by atoms with Crippen LogP contribution in [-0.2, 0) is 0 Å². The van der Waals surface area contributed by atoms with E-state index in [1.165, 1.54) is 37.4 Å². The van der Waals surface area contributed by atoms with Crippen LogP contribution in [0.15, 0.2) is 36.4 Å². The van der Waals surface area contributed by atoms with Gasteiger partial charge in [0.25, 0.3) is 5.69 Å². The lowest BCUT2D eigenvalue weighted by Gasteiger charge is -2.10. The number of methoxy groups -OCH3 is 1. The zero-order valence-corrected chi connectivity index (χ0v) is 13.3. The molecule has 2 N–H and O–H groups in total. The number of carbonyl (C=O) groups is 1. The van der Waals surface area contributed by atoms with E-state index in [0.29, 0.717) is 5.56 Å². The third-order valence-corrected chi connectivity index (χ3v) is 3.31. The lowest BCUT2D eigenvalue weighted by molar-refractivity contribution is -0.385. The van der Waals surface area contributed by atoms with Crippen LogP contribution in [-0.4, -0.2) is 23.0 Å². The summed E-state index contributed by atoms with van der Waals surface area (Å²) in [5, 5.41) is 26.7. The number of hydrogen-bond donors (Lipinski definition) is 2. The number of amides is 2. The lowest BCUT2D eigenvalue weighted by atomic mass is 10.2. The molecule has 0 atom stereocenters. The van der Waals surface area contributed by atoms with E-state index in [1.807, 2.05) is 0 Å². The van der Waals surface area contributed by atoms with Gasteiger partial charge in [0.15, 0.2) is 5.75 Å². The monoisotopic (exact) mass is 346 g/mol. The quantitative estimate of drug-likeness (QED) is 0.628. The number of ether oxygens (including phenoxy) is 1. The first-order valence-corrected chi connectivity index (χ1v) is 6.97. The number of non-ortho nitro benzene ring substituents is 1. The molecular formula is C15H14N4O6. The molecule has 2 rings (SSSR count). The van der Waals surface area contributed by atoms with Crippen LogP contribution in [0.5, 0.6) is 5.75 Å². The molecule has 0 saturated carbocycles. The average molecular weight is 346 g/mol. The molecule has 0 aliphatic heterocycles. The number of nitro groups is 2. The number of nitro benzene ring substituents is 2. The first-order chi connectivity index (χ1) is 11.8. The van der Waals surface area contributed by atoms with Crippen LogP contribution in [0.25, 0.3) is 0 Å². The van der Waals surface area contributed by atoms with Gasteiger partial charge in [-0.1, -0.05) is 6.07 Å². The molecule has 0 heterocycles. The van der Waals surface area contributed by atoms with E-state index in [0.717, 1.165) is 6.07 Å². The van der Waals surface area contributed by atoms with Crippen LogP contribution < -0.4 is 15.4 Å². The average Bonchev–Trinajstić information content (AvgIpc) is 2.56. The molecule has 130 valence electrons. The summed E-state index contributed by atoms with van der Waals surface area (Å²) in [7, 11) is 1.30. The van der Waals surface area contributed by atoms with Crippen LogP contribution >= 0.6 is 0 Å². The van der Waals surface area contributed by atoms with E-state index in [9.17, 15) is 25.0 Å². The number of urea groups is 1. The molecule has 0 spiro atoms. The Morgan fingerprint density at radius 1 is 1.04 bits per heavy atom. The number of rotatable bonds is 5. The SMILES string of the molecule is COc1ccc(NC(=O)Nc2cc([N+](=O)[O-])ccc2C)cc1[N+](=O)[O-]. The first kappa shape index (κ1) is 17.7. The maximum atomic E-state index is 12.1. The summed E-state index contributed by atoms with van der Waals surface area (Å²) in [6, 6.07) is 7.31. The third-order valence-electron chi connectivity index (χ3n) is 3.31. The highest BCUT2D eigenvalue weighted by Crippen LogP contribution is 2.30. The molecule has 0 aromatic heterocycles. The highest BCUT2D eigenvalue weighted by molar-refractivity contribution is 6.00. The Morgan fingerprint density at radius 2 is 1.76 bits per heavy atom. The number of carbonyl (C=O) groups excluding carboxylic acids is 1. The molecule has 0 saturated heterocycles.